The summed E-state index contributed by atoms with van der Waals surface area (Å²) in [6, 6.07) is 1.96. The van der Waals surface area contributed by atoms with Crippen molar-refractivity contribution >= 4 is 5.78 Å². The maximum atomic E-state index is 11.8. The van der Waals surface area contributed by atoms with E-state index >= 15 is 0 Å². The first kappa shape index (κ1) is 12.9. The molecule has 0 aliphatic rings. The third-order valence-electron chi connectivity index (χ3n) is 2.94. The number of aryl methyl sites for hydroxylation is 2. The number of ketones is 1. The molecular formula is C12H21N3O. The smallest absolute Gasteiger partial charge is 0.136 e. The van der Waals surface area contributed by atoms with E-state index in [9.17, 15) is 4.79 Å². The Bertz CT molecular complexity index is 333. The van der Waals surface area contributed by atoms with Crippen molar-refractivity contribution in [1.29, 1.82) is 0 Å². The van der Waals surface area contributed by atoms with Crippen molar-refractivity contribution in [2.75, 3.05) is 6.54 Å². The third-order valence-corrected chi connectivity index (χ3v) is 2.94. The third kappa shape index (κ3) is 3.77. The molecule has 2 N–H and O–H groups in total. The maximum Gasteiger partial charge on any atom is 0.136 e. The van der Waals surface area contributed by atoms with Gasteiger partial charge < -0.3 is 5.73 Å². The lowest BCUT2D eigenvalue weighted by Crippen LogP contribution is -2.14. The summed E-state index contributed by atoms with van der Waals surface area (Å²) < 4.78 is 1.82. The van der Waals surface area contributed by atoms with Crippen LogP contribution in [0.3, 0.4) is 0 Å². The van der Waals surface area contributed by atoms with E-state index in [4.69, 9.17) is 5.73 Å². The summed E-state index contributed by atoms with van der Waals surface area (Å²) in [5, 5.41) is 4.08. The van der Waals surface area contributed by atoms with E-state index in [0.29, 0.717) is 18.7 Å². The number of hydrogen-bond acceptors (Lipinski definition) is 3. The Morgan fingerprint density at radius 1 is 1.62 bits per heavy atom. The van der Waals surface area contributed by atoms with Crippen LogP contribution in [0.4, 0.5) is 0 Å². The van der Waals surface area contributed by atoms with Crippen molar-refractivity contribution in [3.8, 4) is 0 Å². The van der Waals surface area contributed by atoms with Crippen LogP contribution in [0.5, 0.6) is 0 Å². The fourth-order valence-electron chi connectivity index (χ4n) is 1.73. The fourth-order valence-corrected chi connectivity index (χ4v) is 1.73. The summed E-state index contributed by atoms with van der Waals surface area (Å²) in [6.45, 7) is 2.65. The van der Waals surface area contributed by atoms with Gasteiger partial charge in [-0.15, -0.1) is 0 Å². The molecule has 1 atom stereocenters. The second-order valence-electron chi connectivity index (χ2n) is 4.24. The molecule has 0 amide bonds. The van der Waals surface area contributed by atoms with Crippen LogP contribution in [-0.2, 0) is 18.3 Å². The summed E-state index contributed by atoms with van der Waals surface area (Å²) in [4.78, 5) is 11.8. The Morgan fingerprint density at radius 3 is 2.94 bits per heavy atom. The minimum atomic E-state index is 0.136. The molecule has 1 aromatic rings. The van der Waals surface area contributed by atoms with Crippen molar-refractivity contribution in [3.63, 3.8) is 0 Å². The molecule has 0 bridgehead atoms. The molecule has 1 aromatic heterocycles. The Labute approximate surface area is 96.8 Å². The zero-order valence-corrected chi connectivity index (χ0v) is 10.1. The van der Waals surface area contributed by atoms with Gasteiger partial charge in [-0.25, -0.2) is 0 Å². The van der Waals surface area contributed by atoms with E-state index in [-0.39, 0.29) is 5.92 Å². The summed E-state index contributed by atoms with van der Waals surface area (Å²) in [6.07, 6.45) is 4.98. The normalized spacial score (nSPS) is 12.7. The van der Waals surface area contributed by atoms with Crippen LogP contribution >= 0.6 is 0 Å². The molecule has 0 aromatic carbocycles. The highest BCUT2D eigenvalue weighted by Crippen LogP contribution is 2.11. The van der Waals surface area contributed by atoms with Gasteiger partial charge in [-0.2, -0.15) is 5.10 Å². The second kappa shape index (κ2) is 6.43. The summed E-state index contributed by atoms with van der Waals surface area (Å²) in [5.41, 5.74) is 6.54. The highest BCUT2D eigenvalue weighted by Gasteiger charge is 2.12. The number of nitrogens with two attached hydrogens (primary N) is 1. The zero-order chi connectivity index (χ0) is 12.0. The van der Waals surface area contributed by atoms with E-state index in [1.54, 1.807) is 6.20 Å². The number of nitrogens with zero attached hydrogens (tertiary/aromatic N) is 2. The first-order chi connectivity index (χ1) is 7.65. The molecule has 4 nitrogen and oxygen atoms in total. The van der Waals surface area contributed by atoms with Crippen molar-refractivity contribution in [3.05, 3.63) is 18.0 Å². The number of carbonyl (C=O) groups is 1. The molecular weight excluding hydrogens is 202 g/mol. The van der Waals surface area contributed by atoms with Gasteiger partial charge in [0.05, 0.1) is 0 Å². The largest absolute Gasteiger partial charge is 0.330 e. The van der Waals surface area contributed by atoms with Crippen molar-refractivity contribution in [2.45, 2.75) is 32.6 Å². The molecule has 1 rings (SSSR count). The van der Waals surface area contributed by atoms with Crippen molar-refractivity contribution < 1.29 is 4.79 Å². The van der Waals surface area contributed by atoms with E-state index in [1.807, 2.05) is 24.7 Å². The lowest BCUT2D eigenvalue weighted by Gasteiger charge is -2.09. The van der Waals surface area contributed by atoms with Gasteiger partial charge in [0, 0.05) is 31.3 Å². The van der Waals surface area contributed by atoms with E-state index < -0.39 is 0 Å². The first-order valence-electron chi connectivity index (χ1n) is 5.84. The van der Waals surface area contributed by atoms with Gasteiger partial charge in [-0.1, -0.05) is 6.92 Å². The number of Topliss-reactive ketones (excluding diaryl/α,β-unsaturated/α-hetero) is 1. The molecule has 0 saturated carbocycles. The zero-order valence-electron chi connectivity index (χ0n) is 10.1. The van der Waals surface area contributed by atoms with E-state index in [1.165, 1.54) is 0 Å². The predicted octanol–water partition coefficient (Wildman–Crippen LogP) is 1.30. The molecule has 0 saturated heterocycles. The van der Waals surface area contributed by atoms with Gasteiger partial charge in [0.2, 0.25) is 0 Å². The average Bonchev–Trinajstić information content (AvgIpc) is 2.68. The predicted molar refractivity (Wildman–Crippen MR) is 64.0 cm³/mol. The van der Waals surface area contributed by atoms with Crippen LogP contribution in [0.15, 0.2) is 12.3 Å². The molecule has 0 aliphatic carbocycles. The number of rotatable bonds is 7. The van der Waals surface area contributed by atoms with E-state index in [0.717, 1.165) is 25.0 Å². The quantitative estimate of drug-likeness (QED) is 0.758. The topological polar surface area (TPSA) is 60.9 Å². The number of aromatic nitrogens is 2. The molecule has 0 radical (unpaired) electrons. The Balaban J connectivity index is 2.32. The molecule has 4 heteroatoms. The van der Waals surface area contributed by atoms with Crippen molar-refractivity contribution in [1.82, 2.24) is 9.78 Å². The summed E-state index contributed by atoms with van der Waals surface area (Å²) in [5.74, 6) is 0.464. The molecule has 0 aliphatic heterocycles. The Hall–Kier alpha value is -1.16. The monoisotopic (exact) mass is 223 g/mol. The first-order valence-corrected chi connectivity index (χ1v) is 5.84. The minimum absolute atomic E-state index is 0.136. The van der Waals surface area contributed by atoms with E-state index in [2.05, 4.69) is 5.10 Å². The average molecular weight is 223 g/mol. The summed E-state index contributed by atoms with van der Waals surface area (Å²) >= 11 is 0. The molecule has 0 spiro atoms. The lowest BCUT2D eigenvalue weighted by molar-refractivity contribution is -0.122. The molecule has 16 heavy (non-hydrogen) atoms. The van der Waals surface area contributed by atoms with Crippen LogP contribution < -0.4 is 5.73 Å². The van der Waals surface area contributed by atoms with Gasteiger partial charge in [0.15, 0.2) is 0 Å². The van der Waals surface area contributed by atoms with Gasteiger partial charge in [-0.05, 0) is 31.9 Å². The van der Waals surface area contributed by atoms with Crippen LogP contribution in [0.25, 0.3) is 0 Å². The van der Waals surface area contributed by atoms with Crippen LogP contribution in [0.1, 0.15) is 31.9 Å². The standard InChI is InChI=1S/C12H21N3O/c1-10(4-3-8-13)12(16)6-5-11-7-9-14-15(11)2/h7,9-10H,3-6,8,13H2,1-2H3. The maximum absolute atomic E-state index is 11.8. The lowest BCUT2D eigenvalue weighted by atomic mass is 9.97. The van der Waals surface area contributed by atoms with Gasteiger partial charge in [0.1, 0.15) is 5.78 Å². The van der Waals surface area contributed by atoms with Crippen molar-refractivity contribution in [2.24, 2.45) is 18.7 Å². The number of carbonyl (C=O) groups excluding carboxylic acids is 1. The van der Waals surface area contributed by atoms with Gasteiger partial charge in [0.25, 0.3) is 0 Å². The van der Waals surface area contributed by atoms with Crippen LogP contribution in [-0.4, -0.2) is 22.1 Å². The molecule has 1 unspecified atom stereocenters. The fraction of sp³-hybridized carbons (Fsp3) is 0.667. The molecule has 1 heterocycles. The summed E-state index contributed by atoms with van der Waals surface area (Å²) in [7, 11) is 1.90. The highest BCUT2D eigenvalue weighted by atomic mass is 16.1. The van der Waals surface area contributed by atoms with Gasteiger partial charge in [-0.3, -0.25) is 9.48 Å². The van der Waals surface area contributed by atoms with Crippen LogP contribution in [0.2, 0.25) is 0 Å². The number of hydrogen-bond donors (Lipinski definition) is 1. The van der Waals surface area contributed by atoms with Crippen LogP contribution in [0, 0.1) is 5.92 Å². The highest BCUT2D eigenvalue weighted by molar-refractivity contribution is 5.80. The Morgan fingerprint density at radius 2 is 2.38 bits per heavy atom. The Kier molecular flexibility index (Phi) is 5.19. The molecule has 0 fully saturated rings. The molecule has 90 valence electrons. The van der Waals surface area contributed by atoms with Gasteiger partial charge >= 0.3 is 0 Å². The second-order valence-corrected chi connectivity index (χ2v) is 4.24. The SMILES string of the molecule is CC(CCCN)C(=O)CCc1ccnn1C. The minimum Gasteiger partial charge on any atom is -0.330 e.